The number of thioether (sulfide) groups is 1. The van der Waals surface area contributed by atoms with Crippen molar-refractivity contribution in [3.8, 4) is 0 Å². The van der Waals surface area contributed by atoms with Gasteiger partial charge < -0.3 is 4.90 Å². The molecule has 2 aromatic carbocycles. The first kappa shape index (κ1) is 14.5. The van der Waals surface area contributed by atoms with Crippen LogP contribution in [0.3, 0.4) is 0 Å². The van der Waals surface area contributed by atoms with E-state index in [2.05, 4.69) is 42.5 Å². The van der Waals surface area contributed by atoms with E-state index in [0.29, 0.717) is 0 Å². The normalized spacial score (nSPS) is 15.9. The first-order valence-corrected chi connectivity index (χ1v) is 8.71. The quantitative estimate of drug-likeness (QED) is 0.771. The number of hydrogen-bond donors (Lipinski definition) is 0. The molecule has 0 atom stereocenters. The van der Waals surface area contributed by atoms with E-state index in [1.54, 1.807) is 0 Å². The molecule has 1 fully saturated rings. The van der Waals surface area contributed by atoms with E-state index in [9.17, 15) is 4.79 Å². The molecule has 0 unspecified atom stereocenters. The van der Waals surface area contributed by atoms with Crippen LogP contribution in [0.2, 0.25) is 0 Å². The van der Waals surface area contributed by atoms with Crippen LogP contribution in [-0.4, -0.2) is 23.2 Å². The van der Waals surface area contributed by atoms with Gasteiger partial charge in [-0.05, 0) is 29.2 Å². The topological polar surface area (TPSA) is 20.3 Å². The summed E-state index contributed by atoms with van der Waals surface area (Å²) in [6.07, 6.45) is 4.83. The number of benzene rings is 2. The van der Waals surface area contributed by atoms with Gasteiger partial charge in [0.05, 0.1) is 0 Å². The molecule has 1 aliphatic heterocycles. The van der Waals surface area contributed by atoms with Crippen molar-refractivity contribution in [1.82, 2.24) is 4.90 Å². The molecule has 3 heteroatoms. The molecule has 0 bridgehead atoms. The number of likely N-dealkylation sites (tertiary alicyclic amines) is 1. The fourth-order valence-electron chi connectivity index (χ4n) is 2.90. The summed E-state index contributed by atoms with van der Waals surface area (Å²) in [5.74, 6) is 0.761. The minimum absolute atomic E-state index is 0.241. The van der Waals surface area contributed by atoms with E-state index < -0.39 is 0 Å². The fourth-order valence-corrected chi connectivity index (χ4v) is 3.80. The molecule has 21 heavy (non-hydrogen) atoms. The Morgan fingerprint density at radius 2 is 1.67 bits per heavy atom. The van der Waals surface area contributed by atoms with Gasteiger partial charge >= 0.3 is 0 Å². The summed E-state index contributed by atoms with van der Waals surface area (Å²) in [4.78, 5) is 14.4. The number of fused-ring (bicyclic) bond motifs is 1. The number of nitrogens with zero attached hydrogens (tertiary/aromatic N) is 1. The molecule has 1 aliphatic rings. The highest BCUT2D eigenvalue weighted by atomic mass is 32.2. The van der Waals surface area contributed by atoms with Crippen molar-refractivity contribution in [2.75, 3.05) is 13.1 Å². The molecule has 1 heterocycles. The number of hydrogen-bond acceptors (Lipinski definition) is 2. The van der Waals surface area contributed by atoms with E-state index in [0.717, 1.165) is 31.7 Å². The number of rotatable bonds is 2. The van der Waals surface area contributed by atoms with Gasteiger partial charge in [-0.3, -0.25) is 4.79 Å². The van der Waals surface area contributed by atoms with E-state index >= 15 is 0 Å². The van der Waals surface area contributed by atoms with Gasteiger partial charge in [0.2, 0.25) is 0 Å². The van der Waals surface area contributed by atoms with Gasteiger partial charge in [-0.15, -0.1) is 0 Å². The lowest BCUT2D eigenvalue weighted by molar-refractivity contribution is 0.225. The first-order chi connectivity index (χ1) is 10.3. The zero-order valence-electron chi connectivity index (χ0n) is 12.3. The summed E-state index contributed by atoms with van der Waals surface area (Å²) in [6.45, 7) is 1.86. The van der Waals surface area contributed by atoms with Gasteiger partial charge in [0, 0.05) is 18.8 Å². The summed E-state index contributed by atoms with van der Waals surface area (Å²) in [5, 5.41) is 2.75. The first-order valence-electron chi connectivity index (χ1n) is 7.73. The summed E-state index contributed by atoms with van der Waals surface area (Å²) in [5.41, 5.74) is 1.25. The Morgan fingerprint density at radius 1 is 0.952 bits per heavy atom. The van der Waals surface area contributed by atoms with E-state index in [-0.39, 0.29) is 5.24 Å². The van der Waals surface area contributed by atoms with Crippen LogP contribution < -0.4 is 0 Å². The van der Waals surface area contributed by atoms with Crippen molar-refractivity contribution >= 4 is 27.8 Å². The van der Waals surface area contributed by atoms with Crippen molar-refractivity contribution in [2.24, 2.45) is 0 Å². The highest BCUT2D eigenvalue weighted by Gasteiger charge is 2.16. The maximum absolute atomic E-state index is 12.3. The van der Waals surface area contributed by atoms with Gasteiger partial charge in [-0.1, -0.05) is 67.1 Å². The minimum Gasteiger partial charge on any atom is -0.334 e. The number of amides is 1. The third-order valence-corrected chi connectivity index (χ3v) is 5.06. The molecule has 0 aromatic heterocycles. The van der Waals surface area contributed by atoms with E-state index in [1.165, 1.54) is 40.9 Å². The molecule has 1 saturated heterocycles. The van der Waals surface area contributed by atoms with Gasteiger partial charge in [0.15, 0.2) is 0 Å². The zero-order valence-corrected chi connectivity index (χ0v) is 13.1. The van der Waals surface area contributed by atoms with Crippen LogP contribution in [-0.2, 0) is 5.75 Å². The lowest BCUT2D eigenvalue weighted by Crippen LogP contribution is -2.28. The fraction of sp³-hybridized carbons (Fsp3) is 0.389. The third kappa shape index (κ3) is 3.59. The van der Waals surface area contributed by atoms with Gasteiger partial charge in [-0.2, -0.15) is 0 Å². The highest BCUT2D eigenvalue weighted by molar-refractivity contribution is 8.12. The summed E-state index contributed by atoms with van der Waals surface area (Å²) in [7, 11) is 0. The van der Waals surface area contributed by atoms with Crippen LogP contribution in [0.25, 0.3) is 10.8 Å². The molecule has 0 aliphatic carbocycles. The standard InChI is InChI=1S/C18H21NOS/c20-18(19-12-5-1-2-6-13-19)21-14-16-10-7-9-15-8-3-4-11-17(15)16/h3-4,7-11H,1-2,5-6,12-14H2. The Hall–Kier alpha value is -1.48. The van der Waals surface area contributed by atoms with Crippen molar-refractivity contribution in [1.29, 1.82) is 0 Å². The summed E-state index contributed by atoms with van der Waals surface area (Å²) < 4.78 is 0. The minimum atomic E-state index is 0.241. The Balaban J connectivity index is 1.67. The molecule has 1 amide bonds. The van der Waals surface area contributed by atoms with E-state index in [1.807, 2.05) is 4.90 Å². The predicted octanol–water partition coefficient (Wildman–Crippen LogP) is 5.07. The maximum atomic E-state index is 12.3. The molecular weight excluding hydrogens is 278 g/mol. The second-order valence-corrected chi connectivity index (χ2v) is 6.52. The molecule has 0 radical (unpaired) electrons. The summed E-state index contributed by atoms with van der Waals surface area (Å²) in [6, 6.07) is 14.7. The molecule has 3 rings (SSSR count). The van der Waals surface area contributed by atoms with Crippen molar-refractivity contribution in [2.45, 2.75) is 31.4 Å². The zero-order chi connectivity index (χ0) is 14.5. The Labute approximate surface area is 130 Å². The second kappa shape index (κ2) is 6.99. The maximum Gasteiger partial charge on any atom is 0.281 e. The van der Waals surface area contributed by atoms with E-state index in [4.69, 9.17) is 0 Å². The molecule has 0 spiro atoms. The number of carbonyl (C=O) groups is 1. The Morgan fingerprint density at radius 3 is 2.48 bits per heavy atom. The lowest BCUT2D eigenvalue weighted by atomic mass is 10.1. The van der Waals surface area contributed by atoms with Crippen molar-refractivity contribution < 1.29 is 4.79 Å². The third-order valence-electron chi connectivity index (χ3n) is 4.10. The molecule has 110 valence electrons. The van der Waals surface area contributed by atoms with Crippen molar-refractivity contribution in [3.63, 3.8) is 0 Å². The van der Waals surface area contributed by atoms with Crippen LogP contribution in [0.1, 0.15) is 31.2 Å². The monoisotopic (exact) mass is 299 g/mol. The largest absolute Gasteiger partial charge is 0.334 e. The SMILES string of the molecule is O=C(SCc1cccc2ccccc12)N1CCCCCC1. The van der Waals surface area contributed by atoms with Crippen LogP contribution in [0.15, 0.2) is 42.5 Å². The molecular formula is C18H21NOS. The Bertz CT molecular complexity index is 612. The van der Waals surface area contributed by atoms with Crippen LogP contribution in [0, 0.1) is 0 Å². The molecule has 2 nitrogen and oxygen atoms in total. The van der Waals surface area contributed by atoms with Crippen LogP contribution in [0.5, 0.6) is 0 Å². The predicted molar refractivity (Wildman–Crippen MR) is 90.7 cm³/mol. The van der Waals surface area contributed by atoms with Gasteiger partial charge in [0.25, 0.3) is 5.24 Å². The Kier molecular flexibility index (Phi) is 4.81. The van der Waals surface area contributed by atoms with Gasteiger partial charge in [0.1, 0.15) is 0 Å². The van der Waals surface area contributed by atoms with Crippen molar-refractivity contribution in [3.05, 3.63) is 48.0 Å². The average molecular weight is 299 g/mol. The highest BCUT2D eigenvalue weighted by Crippen LogP contribution is 2.25. The second-order valence-electron chi connectivity index (χ2n) is 5.59. The average Bonchev–Trinajstić information content (AvgIpc) is 2.82. The lowest BCUT2D eigenvalue weighted by Gasteiger charge is -2.19. The smallest absolute Gasteiger partial charge is 0.281 e. The number of carbonyl (C=O) groups excluding carboxylic acids is 1. The molecule has 2 aromatic rings. The van der Waals surface area contributed by atoms with Crippen LogP contribution >= 0.6 is 11.8 Å². The molecule has 0 saturated carbocycles. The van der Waals surface area contributed by atoms with Crippen LogP contribution in [0.4, 0.5) is 4.79 Å². The molecule has 0 N–H and O–H groups in total. The van der Waals surface area contributed by atoms with Gasteiger partial charge in [-0.25, -0.2) is 0 Å². The summed E-state index contributed by atoms with van der Waals surface area (Å²) >= 11 is 1.45.